The van der Waals surface area contributed by atoms with Crippen molar-refractivity contribution in [1.82, 2.24) is 10.3 Å². The predicted octanol–water partition coefficient (Wildman–Crippen LogP) is 3.62. The first-order valence-corrected chi connectivity index (χ1v) is 7.27. The molecule has 3 heteroatoms. The fraction of sp³-hybridized carbons (Fsp3) is 0.471. The maximum absolute atomic E-state index is 5.65. The van der Waals surface area contributed by atoms with Crippen LogP contribution < -0.4 is 5.32 Å². The van der Waals surface area contributed by atoms with Crippen molar-refractivity contribution in [2.24, 2.45) is 0 Å². The zero-order valence-corrected chi connectivity index (χ0v) is 12.8. The van der Waals surface area contributed by atoms with E-state index in [1.54, 1.807) is 7.11 Å². The van der Waals surface area contributed by atoms with Gasteiger partial charge in [0.2, 0.25) is 0 Å². The number of nitrogens with one attached hydrogen (secondary N) is 1. The predicted molar refractivity (Wildman–Crippen MR) is 84.0 cm³/mol. The van der Waals surface area contributed by atoms with Gasteiger partial charge in [-0.15, -0.1) is 0 Å². The van der Waals surface area contributed by atoms with Gasteiger partial charge in [-0.05, 0) is 44.2 Å². The molecule has 0 saturated heterocycles. The van der Waals surface area contributed by atoms with Gasteiger partial charge in [0, 0.05) is 18.2 Å². The molecule has 1 aromatic heterocycles. The zero-order chi connectivity index (χ0) is 14.5. The molecule has 3 nitrogen and oxygen atoms in total. The first-order chi connectivity index (χ1) is 9.69. The Balaban J connectivity index is 2.36. The van der Waals surface area contributed by atoms with Crippen LogP contribution in [0.3, 0.4) is 0 Å². The number of hydrogen-bond acceptors (Lipinski definition) is 3. The first kappa shape index (κ1) is 14.9. The highest BCUT2D eigenvalue weighted by atomic mass is 16.5. The molecule has 1 heterocycles. The first-order valence-electron chi connectivity index (χ1n) is 7.27. The molecular weight excluding hydrogens is 248 g/mol. The quantitative estimate of drug-likeness (QED) is 0.872. The monoisotopic (exact) mass is 272 g/mol. The molecule has 0 saturated carbocycles. The molecule has 0 radical (unpaired) electrons. The summed E-state index contributed by atoms with van der Waals surface area (Å²) in [6.07, 6.45) is 2.36. The van der Waals surface area contributed by atoms with Crippen molar-refractivity contribution in [2.75, 3.05) is 14.2 Å². The van der Waals surface area contributed by atoms with Crippen LogP contribution in [0.15, 0.2) is 30.3 Å². The van der Waals surface area contributed by atoms with Gasteiger partial charge in [-0.2, -0.15) is 0 Å². The van der Waals surface area contributed by atoms with Crippen LogP contribution in [0.1, 0.15) is 37.1 Å². The molecule has 2 atom stereocenters. The molecule has 1 aromatic carbocycles. The highest BCUT2D eigenvalue weighted by Gasteiger charge is 2.20. The number of aromatic nitrogens is 1. The zero-order valence-electron chi connectivity index (χ0n) is 12.8. The minimum atomic E-state index is 0.195. The Hall–Kier alpha value is -1.45. The Kier molecular flexibility index (Phi) is 5.10. The van der Waals surface area contributed by atoms with Crippen LogP contribution in [0, 0.1) is 6.92 Å². The Morgan fingerprint density at radius 2 is 2.05 bits per heavy atom. The van der Waals surface area contributed by atoms with E-state index in [4.69, 9.17) is 4.74 Å². The molecule has 0 aliphatic carbocycles. The van der Waals surface area contributed by atoms with Gasteiger partial charge in [0.15, 0.2) is 0 Å². The van der Waals surface area contributed by atoms with E-state index < -0.39 is 0 Å². The number of nitrogens with zero attached hydrogens (tertiary/aromatic N) is 1. The summed E-state index contributed by atoms with van der Waals surface area (Å²) in [6.45, 7) is 4.21. The second-order valence-corrected chi connectivity index (χ2v) is 5.23. The Bertz CT molecular complexity index is 568. The highest BCUT2D eigenvalue weighted by Crippen LogP contribution is 2.25. The van der Waals surface area contributed by atoms with E-state index in [-0.39, 0.29) is 12.1 Å². The van der Waals surface area contributed by atoms with Gasteiger partial charge < -0.3 is 10.1 Å². The number of rotatable bonds is 6. The summed E-state index contributed by atoms with van der Waals surface area (Å²) >= 11 is 0. The average molecular weight is 272 g/mol. The lowest BCUT2D eigenvalue weighted by Gasteiger charge is -2.26. The van der Waals surface area contributed by atoms with E-state index in [9.17, 15) is 0 Å². The number of pyridine rings is 1. The fourth-order valence-electron chi connectivity index (χ4n) is 2.71. The summed E-state index contributed by atoms with van der Waals surface area (Å²) in [4.78, 5) is 4.55. The number of fused-ring (bicyclic) bond motifs is 1. The smallest absolute Gasteiger partial charge is 0.0765 e. The number of likely N-dealkylation sites (N-methyl/N-ethyl adjacent to an activating group) is 1. The molecule has 2 aromatic rings. The molecule has 0 fully saturated rings. The van der Waals surface area contributed by atoms with Crippen molar-refractivity contribution in [2.45, 2.75) is 38.8 Å². The molecule has 0 aliphatic rings. The Labute approximate surface area is 121 Å². The number of benzene rings is 1. The minimum Gasteiger partial charge on any atom is -0.379 e. The third-order valence-corrected chi connectivity index (χ3v) is 3.77. The van der Waals surface area contributed by atoms with Crippen LogP contribution in [0.5, 0.6) is 0 Å². The lowest BCUT2D eigenvalue weighted by Crippen LogP contribution is -2.30. The second kappa shape index (κ2) is 6.82. The van der Waals surface area contributed by atoms with Gasteiger partial charge >= 0.3 is 0 Å². The number of aryl methyl sites for hydroxylation is 1. The van der Waals surface area contributed by atoms with Gasteiger partial charge in [-0.3, -0.25) is 4.98 Å². The van der Waals surface area contributed by atoms with Crippen LogP contribution in [0.4, 0.5) is 0 Å². The molecule has 0 aliphatic heterocycles. The maximum Gasteiger partial charge on any atom is 0.0765 e. The maximum atomic E-state index is 5.65. The normalized spacial score (nSPS) is 14.4. The van der Waals surface area contributed by atoms with Crippen molar-refractivity contribution in [3.63, 3.8) is 0 Å². The summed E-state index contributed by atoms with van der Waals surface area (Å²) in [5.74, 6) is 0. The highest BCUT2D eigenvalue weighted by molar-refractivity contribution is 5.79. The van der Waals surface area contributed by atoms with E-state index >= 15 is 0 Å². The van der Waals surface area contributed by atoms with Crippen molar-refractivity contribution < 1.29 is 4.74 Å². The van der Waals surface area contributed by atoms with Gasteiger partial charge in [0.25, 0.3) is 0 Å². The fourth-order valence-corrected chi connectivity index (χ4v) is 2.71. The third-order valence-electron chi connectivity index (χ3n) is 3.77. The van der Waals surface area contributed by atoms with Crippen molar-refractivity contribution in [1.29, 1.82) is 0 Å². The van der Waals surface area contributed by atoms with Gasteiger partial charge in [0.1, 0.15) is 0 Å². The van der Waals surface area contributed by atoms with Crippen LogP contribution in [0.25, 0.3) is 10.9 Å². The van der Waals surface area contributed by atoms with Crippen molar-refractivity contribution in [3.8, 4) is 0 Å². The van der Waals surface area contributed by atoms with E-state index in [1.807, 2.05) is 14.0 Å². The Morgan fingerprint density at radius 1 is 1.25 bits per heavy atom. The lowest BCUT2D eigenvalue weighted by atomic mass is 9.97. The van der Waals surface area contributed by atoms with E-state index in [2.05, 4.69) is 47.6 Å². The van der Waals surface area contributed by atoms with Crippen LogP contribution in [-0.2, 0) is 4.74 Å². The molecule has 2 unspecified atom stereocenters. The molecular formula is C17H24N2O. The number of methoxy groups -OCH3 is 1. The van der Waals surface area contributed by atoms with Gasteiger partial charge in [-0.1, -0.05) is 25.5 Å². The molecule has 0 spiro atoms. The number of ether oxygens (including phenoxy) is 1. The van der Waals surface area contributed by atoms with E-state index in [0.29, 0.717) is 0 Å². The summed E-state index contributed by atoms with van der Waals surface area (Å²) in [7, 11) is 3.78. The van der Waals surface area contributed by atoms with Crippen LogP contribution in [0.2, 0.25) is 0 Å². The Morgan fingerprint density at radius 3 is 2.70 bits per heavy atom. The largest absolute Gasteiger partial charge is 0.379 e. The van der Waals surface area contributed by atoms with E-state index in [1.165, 1.54) is 10.9 Å². The molecule has 0 amide bonds. The molecule has 2 rings (SSSR count). The van der Waals surface area contributed by atoms with Crippen molar-refractivity contribution >= 4 is 10.9 Å². The third kappa shape index (κ3) is 3.17. The van der Waals surface area contributed by atoms with Crippen LogP contribution in [-0.4, -0.2) is 25.2 Å². The van der Waals surface area contributed by atoms with Crippen molar-refractivity contribution in [3.05, 3.63) is 41.6 Å². The van der Waals surface area contributed by atoms with E-state index in [0.717, 1.165) is 24.1 Å². The molecule has 0 bridgehead atoms. The number of hydrogen-bond donors (Lipinski definition) is 1. The summed E-state index contributed by atoms with van der Waals surface area (Å²) in [6, 6.07) is 10.9. The second-order valence-electron chi connectivity index (χ2n) is 5.23. The average Bonchev–Trinajstić information content (AvgIpc) is 2.47. The summed E-state index contributed by atoms with van der Waals surface area (Å²) in [5, 5.41) is 4.57. The lowest BCUT2D eigenvalue weighted by molar-refractivity contribution is 0.0631. The topological polar surface area (TPSA) is 34.1 Å². The van der Waals surface area contributed by atoms with Crippen LogP contribution >= 0.6 is 0 Å². The molecule has 1 N–H and O–H groups in total. The summed E-state index contributed by atoms with van der Waals surface area (Å²) < 4.78 is 5.65. The molecule has 108 valence electrons. The van der Waals surface area contributed by atoms with Gasteiger partial charge in [-0.25, -0.2) is 0 Å². The minimum absolute atomic E-state index is 0.195. The SMILES string of the molecule is CCCC(OC)C(NC)c1ccc2nc(C)ccc2c1. The molecule has 20 heavy (non-hydrogen) atoms. The standard InChI is InChI=1S/C17H24N2O/c1-5-6-16(20-4)17(18-3)14-9-10-15-13(11-14)8-7-12(2)19-15/h7-11,16-18H,5-6H2,1-4H3. The summed E-state index contributed by atoms with van der Waals surface area (Å²) in [5.41, 5.74) is 3.36. The van der Waals surface area contributed by atoms with Gasteiger partial charge in [0.05, 0.1) is 17.7 Å².